The van der Waals surface area contributed by atoms with E-state index in [0.717, 1.165) is 25.8 Å². The Morgan fingerprint density at radius 1 is 1.23 bits per heavy atom. The Balaban J connectivity index is 0.000000204. The van der Waals surface area contributed by atoms with Gasteiger partial charge in [-0.15, -0.1) is 6.42 Å². The topological polar surface area (TPSA) is 234 Å². The van der Waals surface area contributed by atoms with E-state index in [-0.39, 0.29) is 47.9 Å². The van der Waals surface area contributed by atoms with E-state index in [9.17, 15) is 27.2 Å². The molecule has 53 heavy (non-hydrogen) atoms. The minimum absolute atomic E-state index is 0.0478. The van der Waals surface area contributed by atoms with Crippen LogP contribution in [-0.4, -0.2) is 87.5 Å². The molecule has 3 aromatic heterocycles. The number of nitrogens with zero attached hydrogens (tertiary/aromatic N) is 8. The van der Waals surface area contributed by atoms with E-state index in [2.05, 4.69) is 49.5 Å². The molecule has 0 saturated carbocycles. The summed E-state index contributed by atoms with van der Waals surface area (Å²) < 4.78 is 63.2. The molecule has 6 rings (SSSR count). The van der Waals surface area contributed by atoms with E-state index in [1.54, 1.807) is 4.72 Å². The first-order valence-corrected chi connectivity index (χ1v) is 17.7. The molecule has 0 spiro atoms. The van der Waals surface area contributed by atoms with Crippen LogP contribution in [0.25, 0.3) is 0 Å². The second-order valence-electron chi connectivity index (χ2n) is 11.9. The van der Waals surface area contributed by atoms with E-state index in [0.29, 0.717) is 20.9 Å². The average molecular weight is 793 g/mol. The average Bonchev–Trinajstić information content (AvgIpc) is 3.71. The van der Waals surface area contributed by atoms with Gasteiger partial charge in [0, 0.05) is 37.6 Å². The molecule has 1 aromatic carbocycles. The first kappa shape index (κ1) is 38.4. The highest BCUT2D eigenvalue weighted by molar-refractivity contribution is 7.90. The monoisotopic (exact) mass is 792 g/mol. The number of anilines is 2. The number of halogens is 2. The summed E-state index contributed by atoms with van der Waals surface area (Å²) in [6, 6.07) is 2.82. The van der Waals surface area contributed by atoms with Crippen molar-refractivity contribution >= 4 is 68.4 Å². The van der Waals surface area contributed by atoms with Crippen molar-refractivity contribution in [2.24, 2.45) is 17.5 Å². The molecular weight excluding hydrogens is 763 g/mol. The summed E-state index contributed by atoms with van der Waals surface area (Å²) in [6.07, 6.45) is 6.22. The van der Waals surface area contributed by atoms with Crippen LogP contribution in [0.1, 0.15) is 30.0 Å². The van der Waals surface area contributed by atoms with Gasteiger partial charge in [0.25, 0.3) is 15.9 Å². The van der Waals surface area contributed by atoms with Crippen molar-refractivity contribution < 1.29 is 46.5 Å². The number of amides is 3. The lowest BCUT2D eigenvalue weighted by Crippen LogP contribution is -2.39. The molecule has 19 nitrogen and oxygen atoms in total. The number of ether oxygens (including phenoxy) is 3. The van der Waals surface area contributed by atoms with Crippen molar-refractivity contribution in [2.45, 2.75) is 31.8 Å². The number of hydrogen-bond acceptors (Lipinski definition) is 14. The van der Waals surface area contributed by atoms with Gasteiger partial charge in [-0.25, -0.2) is 23.7 Å². The van der Waals surface area contributed by atoms with E-state index < -0.39 is 43.6 Å². The van der Waals surface area contributed by atoms with Gasteiger partial charge < -0.3 is 23.9 Å². The van der Waals surface area contributed by atoms with E-state index in [1.165, 1.54) is 48.9 Å². The SMILES string of the molecule is C#CCN1C(=O)COc2cc(F)c(N=c3snc4n3CC(C)(C)C4)cc21.COc1cc(OC)nc(NC(=O)NS(=O)(=O)c2c(C(=O)O)c(Cl)nn2C)n1. The van der Waals surface area contributed by atoms with Gasteiger partial charge >= 0.3 is 12.0 Å². The van der Waals surface area contributed by atoms with Crippen molar-refractivity contribution in [3.63, 3.8) is 0 Å². The highest BCUT2D eigenvalue weighted by Gasteiger charge is 2.33. The minimum atomic E-state index is -4.64. The molecule has 2 aliphatic heterocycles. The second kappa shape index (κ2) is 15.1. The number of urea groups is 1. The lowest BCUT2D eigenvalue weighted by molar-refractivity contribution is -0.121. The molecule has 0 bridgehead atoms. The number of hydrogen-bond donors (Lipinski definition) is 3. The van der Waals surface area contributed by atoms with Crippen LogP contribution in [0.15, 0.2) is 28.2 Å². The molecule has 3 N–H and O–H groups in total. The number of sulfonamides is 1. The summed E-state index contributed by atoms with van der Waals surface area (Å²) in [4.78, 5) is 49.4. The molecule has 0 saturated heterocycles. The predicted molar refractivity (Wildman–Crippen MR) is 186 cm³/mol. The van der Waals surface area contributed by atoms with Crippen LogP contribution < -0.4 is 34.0 Å². The van der Waals surface area contributed by atoms with Gasteiger partial charge in [-0.05, 0) is 11.5 Å². The number of carbonyl (C=O) groups excluding carboxylic acids is 2. The number of benzene rings is 1. The number of fused-ring (bicyclic) bond motifs is 2. The summed E-state index contributed by atoms with van der Waals surface area (Å²) in [7, 11) is -0.858. The van der Waals surface area contributed by atoms with Crippen molar-refractivity contribution in [2.75, 3.05) is 37.6 Å². The molecule has 0 radical (unpaired) electrons. The van der Waals surface area contributed by atoms with Gasteiger partial charge in [-0.3, -0.25) is 19.7 Å². The first-order chi connectivity index (χ1) is 25.0. The fourth-order valence-corrected chi connectivity index (χ4v) is 7.51. The van der Waals surface area contributed by atoms with Crippen LogP contribution in [0, 0.1) is 23.6 Å². The largest absolute Gasteiger partial charge is 0.481 e. The molecule has 0 unspecified atom stereocenters. The van der Waals surface area contributed by atoms with Crippen LogP contribution in [0.2, 0.25) is 5.15 Å². The Bertz CT molecular complexity index is 2330. The number of aryl methyl sites for hydroxylation is 1. The summed E-state index contributed by atoms with van der Waals surface area (Å²) in [6.45, 7) is 5.05. The molecule has 3 amide bonds. The molecule has 4 aromatic rings. The van der Waals surface area contributed by atoms with Crippen molar-refractivity contribution in [1.29, 1.82) is 0 Å². The van der Waals surface area contributed by atoms with Crippen LogP contribution in [0.5, 0.6) is 17.5 Å². The standard InChI is InChI=1S/C18H17FN4O2S.C12H13ClN6O7S/c1-4-5-22-13-7-12(11(19)6-14(13)25-9-16(22)24)20-17-23-10-18(2,3)8-15(23)21-26-17;1-19-9(7(10(20)21)8(13)17-19)27(23,24)18-12(22)16-11-14-5(25-2)4-6(15-11)26-3/h1,6-7H,5,8-10H2,2-3H3;4H,1-3H3,(H,20,21)(H2,14,15,16,18,22). The van der Waals surface area contributed by atoms with E-state index >= 15 is 0 Å². The normalized spacial score (nSPS) is 14.6. The fraction of sp³-hybridized carbons (Fsp3) is 0.333. The number of carboxylic acids is 1. The zero-order valence-corrected chi connectivity index (χ0v) is 30.9. The number of aromatic carboxylic acids is 1. The third-order valence-electron chi connectivity index (χ3n) is 7.40. The van der Waals surface area contributed by atoms with Crippen LogP contribution >= 0.6 is 23.1 Å². The first-order valence-electron chi connectivity index (χ1n) is 15.0. The lowest BCUT2D eigenvalue weighted by atomic mass is 9.92. The van der Waals surface area contributed by atoms with E-state index in [1.807, 2.05) is 4.57 Å². The summed E-state index contributed by atoms with van der Waals surface area (Å²) >= 11 is 6.87. The number of nitrogens with one attached hydrogen (secondary N) is 2. The summed E-state index contributed by atoms with van der Waals surface area (Å²) in [5, 5.41) is 13.4. The summed E-state index contributed by atoms with van der Waals surface area (Å²) in [5.74, 6) is 1.07. The number of carboxylic acid groups (broad SMARTS) is 1. The maximum Gasteiger partial charge on any atom is 0.341 e. The second-order valence-corrected chi connectivity index (χ2v) is 14.6. The van der Waals surface area contributed by atoms with Crippen molar-refractivity contribution in [1.82, 2.24) is 33.4 Å². The smallest absolute Gasteiger partial charge is 0.341 e. The molecule has 0 atom stereocenters. The molecule has 280 valence electrons. The zero-order valence-electron chi connectivity index (χ0n) is 28.5. The quantitative estimate of drug-likeness (QED) is 0.218. The molecular formula is C30H30ClFN10O9S2. The highest BCUT2D eigenvalue weighted by atomic mass is 35.5. The Kier molecular flexibility index (Phi) is 10.9. The minimum Gasteiger partial charge on any atom is -0.481 e. The van der Waals surface area contributed by atoms with Crippen molar-refractivity contribution in [3.8, 4) is 29.9 Å². The van der Waals surface area contributed by atoms with Gasteiger partial charge in [-0.1, -0.05) is 31.4 Å². The van der Waals surface area contributed by atoms with Gasteiger partial charge in [0.2, 0.25) is 22.5 Å². The number of carbonyl (C=O) groups is 3. The lowest BCUT2D eigenvalue weighted by Gasteiger charge is -2.28. The third kappa shape index (κ3) is 8.32. The number of methoxy groups -OCH3 is 2. The maximum atomic E-state index is 14.5. The number of terminal acetylenes is 1. The van der Waals surface area contributed by atoms with Crippen LogP contribution in [0.3, 0.4) is 0 Å². The predicted octanol–water partition coefficient (Wildman–Crippen LogP) is 2.35. The molecule has 23 heteroatoms. The number of rotatable bonds is 8. The van der Waals surface area contributed by atoms with Crippen LogP contribution in [-0.2, 0) is 34.8 Å². The molecule has 0 fully saturated rings. The maximum absolute atomic E-state index is 14.5. The van der Waals surface area contributed by atoms with Gasteiger partial charge in [0.05, 0.1) is 32.5 Å². The van der Waals surface area contributed by atoms with Crippen molar-refractivity contribution in [3.05, 3.63) is 45.4 Å². The Hall–Kier alpha value is -5.79. The highest BCUT2D eigenvalue weighted by Crippen LogP contribution is 2.37. The fourth-order valence-electron chi connectivity index (χ4n) is 5.18. The van der Waals surface area contributed by atoms with Gasteiger partial charge in [0.1, 0.15) is 22.8 Å². The van der Waals surface area contributed by atoms with Gasteiger partial charge in [-0.2, -0.15) is 27.9 Å². The Labute approximate surface area is 309 Å². The Morgan fingerprint density at radius 3 is 2.53 bits per heavy atom. The molecule has 2 aliphatic rings. The van der Waals surface area contributed by atoms with Gasteiger partial charge in [0.15, 0.2) is 22.6 Å². The number of aromatic nitrogens is 6. The van der Waals surface area contributed by atoms with E-state index in [4.69, 9.17) is 37.3 Å². The Morgan fingerprint density at radius 2 is 1.91 bits per heavy atom. The summed E-state index contributed by atoms with van der Waals surface area (Å²) in [5.41, 5.74) is -0.101. The van der Waals surface area contributed by atoms with Crippen LogP contribution in [0.4, 0.5) is 26.5 Å². The molecule has 5 heterocycles. The zero-order chi connectivity index (χ0) is 38.8. The third-order valence-corrected chi connectivity index (χ3v) is 9.88. The molecule has 0 aliphatic carbocycles.